The third-order valence-electron chi connectivity index (χ3n) is 5.08. The van der Waals surface area contributed by atoms with E-state index in [1.54, 1.807) is 54.8 Å². The third-order valence-corrected chi connectivity index (χ3v) is 6.06. The van der Waals surface area contributed by atoms with Crippen molar-refractivity contribution in [3.8, 4) is 11.5 Å². The Morgan fingerprint density at radius 3 is 2.76 bits per heavy atom. The van der Waals surface area contributed by atoms with Crippen LogP contribution in [-0.2, 0) is 11.3 Å². The highest BCUT2D eigenvalue weighted by molar-refractivity contribution is 7.99. The van der Waals surface area contributed by atoms with Crippen LogP contribution in [0.2, 0.25) is 0 Å². The van der Waals surface area contributed by atoms with Crippen LogP contribution in [0.15, 0.2) is 75.2 Å². The van der Waals surface area contributed by atoms with E-state index in [0.29, 0.717) is 52.2 Å². The lowest BCUT2D eigenvalue weighted by atomic mass is 10.2. The molecule has 1 N–H and O–H groups in total. The maximum absolute atomic E-state index is 13.1. The van der Waals surface area contributed by atoms with Gasteiger partial charge in [0.1, 0.15) is 5.76 Å². The van der Waals surface area contributed by atoms with Gasteiger partial charge in [0.15, 0.2) is 16.7 Å². The molecule has 0 spiro atoms. The zero-order valence-electron chi connectivity index (χ0n) is 17.7. The Bertz CT molecular complexity index is 1350. The standard InChI is InChI=1S/C24H21N3O5S/c28-22(25-16-8-9-20-21(13-16)32-12-4-11-31-20)15-33-24-26-19-7-2-1-6-18(19)23(29)27(24)14-17-5-3-10-30-17/h1-3,5-10,13H,4,11-12,14-15H2,(H,25,28). The fourth-order valence-corrected chi connectivity index (χ4v) is 4.32. The van der Waals surface area contributed by atoms with Crippen molar-refractivity contribution < 1.29 is 18.7 Å². The Hall–Kier alpha value is -3.72. The van der Waals surface area contributed by atoms with E-state index in [2.05, 4.69) is 10.3 Å². The third kappa shape index (κ3) is 4.73. The first-order valence-electron chi connectivity index (χ1n) is 10.5. The summed E-state index contributed by atoms with van der Waals surface area (Å²) in [5.74, 6) is 1.77. The van der Waals surface area contributed by atoms with E-state index in [1.807, 2.05) is 6.07 Å². The number of thioether (sulfide) groups is 1. The number of nitrogens with zero attached hydrogens (tertiary/aromatic N) is 2. The van der Waals surface area contributed by atoms with E-state index in [9.17, 15) is 9.59 Å². The van der Waals surface area contributed by atoms with Crippen molar-refractivity contribution >= 4 is 34.3 Å². The Morgan fingerprint density at radius 2 is 1.91 bits per heavy atom. The summed E-state index contributed by atoms with van der Waals surface area (Å²) in [5, 5.41) is 3.84. The van der Waals surface area contributed by atoms with Crippen LogP contribution in [-0.4, -0.2) is 34.4 Å². The number of hydrogen-bond acceptors (Lipinski definition) is 7. The van der Waals surface area contributed by atoms with Crippen molar-refractivity contribution in [2.45, 2.75) is 18.1 Å². The lowest BCUT2D eigenvalue weighted by Gasteiger charge is -2.13. The molecule has 8 nitrogen and oxygen atoms in total. The Kier molecular flexibility index (Phi) is 6.03. The van der Waals surface area contributed by atoms with E-state index in [-0.39, 0.29) is 23.8 Å². The lowest BCUT2D eigenvalue weighted by molar-refractivity contribution is -0.113. The molecule has 33 heavy (non-hydrogen) atoms. The van der Waals surface area contributed by atoms with E-state index in [4.69, 9.17) is 13.9 Å². The Balaban J connectivity index is 1.35. The van der Waals surface area contributed by atoms with Gasteiger partial charge in [-0.1, -0.05) is 23.9 Å². The summed E-state index contributed by atoms with van der Waals surface area (Å²) in [6, 6.07) is 16.0. The number of amides is 1. The van der Waals surface area contributed by atoms with Gasteiger partial charge in [0.2, 0.25) is 5.91 Å². The SMILES string of the molecule is O=C(CSc1nc2ccccc2c(=O)n1Cc1ccco1)Nc1ccc2c(c1)OCCCO2. The number of ether oxygens (including phenoxy) is 2. The predicted molar refractivity (Wildman–Crippen MR) is 125 cm³/mol. The number of benzene rings is 2. The first kappa shape index (κ1) is 21.1. The summed E-state index contributed by atoms with van der Waals surface area (Å²) < 4.78 is 18.3. The number of rotatable bonds is 6. The average molecular weight is 464 g/mol. The maximum atomic E-state index is 13.1. The molecule has 1 aliphatic rings. The number of furan rings is 1. The largest absolute Gasteiger partial charge is 0.490 e. The zero-order valence-corrected chi connectivity index (χ0v) is 18.5. The predicted octanol–water partition coefficient (Wildman–Crippen LogP) is 3.93. The highest BCUT2D eigenvalue weighted by Gasteiger charge is 2.16. The van der Waals surface area contributed by atoms with Crippen LogP contribution in [0.3, 0.4) is 0 Å². The number of carbonyl (C=O) groups excluding carboxylic acids is 1. The summed E-state index contributed by atoms with van der Waals surface area (Å²) in [6.45, 7) is 1.41. The molecule has 0 saturated heterocycles. The van der Waals surface area contributed by atoms with Gasteiger partial charge in [0, 0.05) is 18.2 Å². The van der Waals surface area contributed by atoms with Crippen LogP contribution in [0.5, 0.6) is 11.5 Å². The number of carbonyl (C=O) groups is 1. The topological polar surface area (TPSA) is 95.6 Å². The van der Waals surface area contributed by atoms with Crippen LogP contribution in [0.1, 0.15) is 12.2 Å². The van der Waals surface area contributed by atoms with E-state index in [0.717, 1.165) is 6.42 Å². The quantitative estimate of drug-likeness (QED) is 0.342. The minimum Gasteiger partial charge on any atom is -0.490 e. The molecule has 0 aliphatic carbocycles. The molecule has 0 saturated carbocycles. The van der Waals surface area contributed by atoms with Crippen molar-refractivity contribution in [1.82, 2.24) is 9.55 Å². The zero-order chi connectivity index (χ0) is 22.6. The molecule has 3 heterocycles. The maximum Gasteiger partial charge on any atom is 0.262 e. The van der Waals surface area contributed by atoms with Gasteiger partial charge >= 0.3 is 0 Å². The second kappa shape index (κ2) is 9.41. The minimum absolute atomic E-state index is 0.0807. The molecular weight excluding hydrogens is 442 g/mol. The number of aromatic nitrogens is 2. The normalized spacial score (nSPS) is 13.0. The molecule has 0 atom stereocenters. The first-order valence-corrected chi connectivity index (χ1v) is 11.5. The highest BCUT2D eigenvalue weighted by Crippen LogP contribution is 2.32. The lowest BCUT2D eigenvalue weighted by Crippen LogP contribution is -2.24. The number of para-hydroxylation sites is 1. The molecule has 0 unspecified atom stereocenters. The molecule has 5 rings (SSSR count). The summed E-state index contributed by atoms with van der Waals surface area (Å²) in [6.07, 6.45) is 2.37. The number of anilines is 1. The van der Waals surface area contributed by atoms with E-state index < -0.39 is 0 Å². The van der Waals surface area contributed by atoms with Crippen LogP contribution >= 0.6 is 11.8 Å². The molecule has 4 aromatic rings. The van der Waals surface area contributed by atoms with Gasteiger partial charge in [-0.2, -0.15) is 0 Å². The molecule has 168 valence electrons. The van der Waals surface area contributed by atoms with Gasteiger partial charge in [0.05, 0.1) is 42.7 Å². The number of fused-ring (bicyclic) bond motifs is 2. The molecule has 1 amide bonds. The van der Waals surface area contributed by atoms with Crippen molar-refractivity contribution in [3.63, 3.8) is 0 Å². The fraction of sp³-hybridized carbons (Fsp3) is 0.208. The molecule has 0 fully saturated rings. The second-order valence-corrected chi connectivity index (χ2v) is 8.37. The van der Waals surface area contributed by atoms with Gasteiger partial charge in [-0.15, -0.1) is 0 Å². The van der Waals surface area contributed by atoms with Crippen LogP contribution < -0.4 is 20.3 Å². The minimum atomic E-state index is -0.221. The van der Waals surface area contributed by atoms with E-state index in [1.165, 1.54) is 16.3 Å². The van der Waals surface area contributed by atoms with Gasteiger partial charge < -0.3 is 19.2 Å². The van der Waals surface area contributed by atoms with Gasteiger partial charge in [-0.25, -0.2) is 4.98 Å². The highest BCUT2D eigenvalue weighted by atomic mass is 32.2. The molecule has 9 heteroatoms. The molecule has 2 aromatic heterocycles. The first-order chi connectivity index (χ1) is 16.2. The van der Waals surface area contributed by atoms with Crippen molar-refractivity contribution in [3.05, 3.63) is 77.0 Å². The van der Waals surface area contributed by atoms with Gasteiger partial charge in [-0.3, -0.25) is 14.2 Å². The van der Waals surface area contributed by atoms with Gasteiger partial charge in [0.25, 0.3) is 5.56 Å². The smallest absolute Gasteiger partial charge is 0.262 e. The van der Waals surface area contributed by atoms with E-state index >= 15 is 0 Å². The van der Waals surface area contributed by atoms with Crippen molar-refractivity contribution in [1.29, 1.82) is 0 Å². The molecule has 2 aromatic carbocycles. The molecule has 1 aliphatic heterocycles. The number of nitrogens with one attached hydrogen (secondary N) is 1. The van der Waals surface area contributed by atoms with Crippen LogP contribution in [0.25, 0.3) is 10.9 Å². The number of hydrogen-bond donors (Lipinski definition) is 1. The van der Waals surface area contributed by atoms with Crippen molar-refractivity contribution in [2.75, 3.05) is 24.3 Å². The Labute approximate surface area is 193 Å². The molecule has 0 bridgehead atoms. The molecule has 0 radical (unpaired) electrons. The van der Waals surface area contributed by atoms with Crippen LogP contribution in [0, 0.1) is 0 Å². The summed E-state index contributed by atoms with van der Waals surface area (Å²) in [7, 11) is 0. The van der Waals surface area contributed by atoms with Crippen LogP contribution in [0.4, 0.5) is 5.69 Å². The monoisotopic (exact) mass is 463 g/mol. The summed E-state index contributed by atoms with van der Waals surface area (Å²) >= 11 is 1.20. The second-order valence-electron chi connectivity index (χ2n) is 7.43. The summed E-state index contributed by atoms with van der Waals surface area (Å²) in [4.78, 5) is 30.4. The Morgan fingerprint density at radius 1 is 1.06 bits per heavy atom. The fourth-order valence-electron chi connectivity index (χ4n) is 3.52. The summed E-state index contributed by atoms with van der Waals surface area (Å²) in [5.41, 5.74) is 1.02. The van der Waals surface area contributed by atoms with Crippen molar-refractivity contribution in [2.24, 2.45) is 0 Å². The van der Waals surface area contributed by atoms with Gasteiger partial charge in [-0.05, 0) is 36.4 Å². The molecular formula is C24H21N3O5S. The average Bonchev–Trinajstić information content (AvgIpc) is 3.23.